The zero-order valence-corrected chi connectivity index (χ0v) is 14.7. The van der Waals surface area contributed by atoms with E-state index in [0.29, 0.717) is 0 Å². The number of benzene rings is 1. The van der Waals surface area contributed by atoms with E-state index in [0.717, 1.165) is 25.3 Å². The average Bonchev–Trinajstić information content (AvgIpc) is 3.23. The Labute approximate surface area is 142 Å². The van der Waals surface area contributed by atoms with Gasteiger partial charge in [-0.25, -0.2) is 0 Å². The Morgan fingerprint density at radius 3 is 3.00 bits per heavy atom. The molecule has 2 nitrogen and oxygen atoms in total. The zero-order chi connectivity index (χ0) is 15.8. The Kier molecular flexibility index (Phi) is 3.90. The van der Waals surface area contributed by atoms with Crippen LogP contribution in [-0.2, 0) is 12.8 Å². The van der Waals surface area contributed by atoms with Gasteiger partial charge in [-0.2, -0.15) is 11.3 Å². The topological polar surface area (TPSA) is 12.5 Å². The van der Waals surface area contributed by atoms with Crippen LogP contribution in [0.15, 0.2) is 22.9 Å². The van der Waals surface area contributed by atoms with Crippen LogP contribution in [0, 0.1) is 0 Å². The number of ether oxygens (including phenoxy) is 1. The second-order valence-electron chi connectivity index (χ2n) is 6.51. The lowest BCUT2D eigenvalue weighted by Gasteiger charge is -2.31. The number of fused-ring (bicyclic) bond motifs is 3. The first kappa shape index (κ1) is 14.8. The van der Waals surface area contributed by atoms with E-state index in [4.69, 9.17) is 4.74 Å². The maximum absolute atomic E-state index is 6.11. The lowest BCUT2D eigenvalue weighted by molar-refractivity contribution is 0.317. The molecule has 0 radical (unpaired) electrons. The van der Waals surface area contributed by atoms with E-state index in [1.54, 1.807) is 16.9 Å². The van der Waals surface area contributed by atoms with Crippen LogP contribution in [0.4, 0.5) is 5.69 Å². The lowest BCUT2D eigenvalue weighted by Crippen LogP contribution is -2.25. The zero-order valence-electron chi connectivity index (χ0n) is 13.9. The van der Waals surface area contributed by atoms with Gasteiger partial charge in [-0.05, 0) is 76.9 Å². The summed E-state index contributed by atoms with van der Waals surface area (Å²) in [7, 11) is 2.19. The molecule has 0 fully saturated rings. The highest BCUT2D eigenvalue weighted by Crippen LogP contribution is 2.44. The smallest absolute Gasteiger partial charge is 0.143 e. The second-order valence-corrected chi connectivity index (χ2v) is 7.29. The largest absolute Gasteiger partial charge is 0.491 e. The van der Waals surface area contributed by atoms with Crippen molar-refractivity contribution in [2.45, 2.75) is 32.6 Å². The Morgan fingerprint density at radius 2 is 2.22 bits per heavy atom. The third-order valence-electron chi connectivity index (χ3n) is 4.84. The molecule has 0 unspecified atom stereocenters. The molecule has 1 aliphatic heterocycles. The molecule has 1 aromatic heterocycles. The van der Waals surface area contributed by atoms with Crippen molar-refractivity contribution in [3.05, 3.63) is 45.1 Å². The number of rotatable bonds is 4. The average molecular weight is 325 g/mol. The molecule has 0 amide bonds. The van der Waals surface area contributed by atoms with Crippen molar-refractivity contribution in [2.75, 3.05) is 25.1 Å². The quantitative estimate of drug-likeness (QED) is 0.783. The van der Waals surface area contributed by atoms with Crippen molar-refractivity contribution in [1.29, 1.82) is 0 Å². The minimum Gasteiger partial charge on any atom is -0.491 e. The summed E-state index contributed by atoms with van der Waals surface area (Å²) in [5.74, 6) is 1.07. The lowest BCUT2D eigenvalue weighted by atomic mass is 9.93. The van der Waals surface area contributed by atoms with Crippen LogP contribution in [0.5, 0.6) is 5.75 Å². The Balaban J connectivity index is 1.86. The Morgan fingerprint density at radius 1 is 1.30 bits per heavy atom. The van der Waals surface area contributed by atoms with Crippen LogP contribution < -0.4 is 9.64 Å². The number of hydrogen-bond donors (Lipinski definition) is 0. The third kappa shape index (κ3) is 2.57. The summed E-state index contributed by atoms with van der Waals surface area (Å²) in [6, 6.07) is 4.53. The van der Waals surface area contributed by atoms with Crippen LogP contribution >= 0.6 is 11.3 Å². The van der Waals surface area contributed by atoms with Crippen LogP contribution in [0.25, 0.3) is 11.6 Å². The first-order valence-electron chi connectivity index (χ1n) is 8.53. The molecule has 1 aromatic carbocycles. The highest BCUT2D eigenvalue weighted by Gasteiger charge is 2.27. The highest BCUT2D eigenvalue weighted by atomic mass is 32.1. The van der Waals surface area contributed by atoms with Gasteiger partial charge in [0, 0.05) is 19.2 Å². The molecule has 0 saturated carbocycles. The van der Waals surface area contributed by atoms with Gasteiger partial charge in [-0.1, -0.05) is 6.92 Å². The molecule has 2 aromatic rings. The molecule has 0 saturated heterocycles. The first-order chi connectivity index (χ1) is 11.3. The minimum absolute atomic E-state index is 0.792. The number of anilines is 1. The highest BCUT2D eigenvalue weighted by molar-refractivity contribution is 7.08. The maximum Gasteiger partial charge on any atom is 0.143 e. The standard InChI is InChI=1S/C20H23NOS/c1-3-8-22-19-11-14-5-4-6-17(14)18-10-16(12-21(2)20(18)19)15-7-9-23-13-15/h7,9-11,13H,3-6,8,12H2,1-2H3. The molecule has 3 heteroatoms. The van der Waals surface area contributed by atoms with Crippen molar-refractivity contribution in [2.24, 2.45) is 0 Å². The number of nitrogens with zero attached hydrogens (tertiary/aromatic N) is 1. The van der Waals surface area contributed by atoms with E-state index in [1.807, 2.05) is 0 Å². The van der Waals surface area contributed by atoms with Gasteiger partial charge in [0.1, 0.15) is 5.75 Å². The molecule has 0 spiro atoms. The SMILES string of the molecule is CCCOc1cc2c(c3c1N(C)CC(c1ccsc1)=C3)CCC2. The fourth-order valence-electron chi connectivity index (χ4n) is 3.78. The van der Waals surface area contributed by atoms with E-state index in [2.05, 4.69) is 47.8 Å². The van der Waals surface area contributed by atoms with Crippen molar-refractivity contribution >= 4 is 28.7 Å². The predicted octanol–water partition coefficient (Wildman–Crippen LogP) is 5.02. The van der Waals surface area contributed by atoms with Gasteiger partial charge in [-0.15, -0.1) is 0 Å². The fourth-order valence-corrected chi connectivity index (χ4v) is 4.46. The van der Waals surface area contributed by atoms with Crippen molar-refractivity contribution in [1.82, 2.24) is 0 Å². The predicted molar refractivity (Wildman–Crippen MR) is 99.7 cm³/mol. The molecule has 0 N–H and O–H groups in total. The Bertz CT molecular complexity index is 745. The van der Waals surface area contributed by atoms with E-state index >= 15 is 0 Å². The summed E-state index contributed by atoms with van der Waals surface area (Å²) in [6.45, 7) is 3.91. The minimum atomic E-state index is 0.792. The molecule has 2 aliphatic rings. The second kappa shape index (κ2) is 6.04. The first-order valence-corrected chi connectivity index (χ1v) is 9.48. The van der Waals surface area contributed by atoms with Gasteiger partial charge in [0.2, 0.25) is 0 Å². The van der Waals surface area contributed by atoms with Gasteiger partial charge < -0.3 is 9.64 Å². The summed E-state index contributed by atoms with van der Waals surface area (Å²) < 4.78 is 6.11. The molecule has 23 heavy (non-hydrogen) atoms. The number of aryl methyl sites for hydroxylation is 1. The molecular weight excluding hydrogens is 302 g/mol. The van der Waals surface area contributed by atoms with Gasteiger partial charge in [0.15, 0.2) is 0 Å². The van der Waals surface area contributed by atoms with E-state index < -0.39 is 0 Å². The summed E-state index contributed by atoms with van der Waals surface area (Å²) >= 11 is 1.77. The van der Waals surface area contributed by atoms with Crippen molar-refractivity contribution < 1.29 is 4.74 Å². The number of hydrogen-bond acceptors (Lipinski definition) is 3. The summed E-state index contributed by atoms with van der Waals surface area (Å²) in [4.78, 5) is 2.37. The Hall–Kier alpha value is -1.74. The normalized spacial score (nSPS) is 16.1. The number of likely N-dealkylation sites (N-methyl/N-ethyl adjacent to an activating group) is 1. The van der Waals surface area contributed by atoms with Gasteiger partial charge in [0.25, 0.3) is 0 Å². The summed E-state index contributed by atoms with van der Waals surface area (Å²) in [5, 5.41) is 4.42. The summed E-state index contributed by atoms with van der Waals surface area (Å²) in [6.07, 6.45) is 7.12. The van der Waals surface area contributed by atoms with Crippen LogP contribution in [0.1, 0.15) is 42.0 Å². The van der Waals surface area contributed by atoms with Crippen LogP contribution in [-0.4, -0.2) is 20.2 Å². The maximum atomic E-state index is 6.11. The molecule has 1 aliphatic carbocycles. The van der Waals surface area contributed by atoms with Crippen LogP contribution in [0.3, 0.4) is 0 Å². The van der Waals surface area contributed by atoms with Crippen LogP contribution in [0.2, 0.25) is 0 Å². The molecule has 0 atom stereocenters. The van der Waals surface area contributed by atoms with Crippen molar-refractivity contribution in [3.8, 4) is 5.75 Å². The number of thiophene rings is 1. The molecule has 4 rings (SSSR count). The molecule has 120 valence electrons. The fraction of sp³-hybridized carbons (Fsp3) is 0.400. The summed E-state index contributed by atoms with van der Waals surface area (Å²) in [5.41, 5.74) is 8.51. The van der Waals surface area contributed by atoms with E-state index in [-0.39, 0.29) is 0 Å². The molecule has 2 heterocycles. The van der Waals surface area contributed by atoms with Gasteiger partial charge in [-0.3, -0.25) is 0 Å². The van der Waals surface area contributed by atoms with Crippen molar-refractivity contribution in [3.63, 3.8) is 0 Å². The van der Waals surface area contributed by atoms with Gasteiger partial charge >= 0.3 is 0 Å². The van der Waals surface area contributed by atoms with E-state index in [9.17, 15) is 0 Å². The van der Waals surface area contributed by atoms with Gasteiger partial charge in [0.05, 0.1) is 12.3 Å². The third-order valence-corrected chi connectivity index (χ3v) is 5.52. The van der Waals surface area contributed by atoms with E-state index in [1.165, 1.54) is 47.2 Å². The monoisotopic (exact) mass is 325 g/mol. The molecule has 0 bridgehead atoms. The molecular formula is C20H23NOS.